The smallest absolute Gasteiger partial charge is 0.396 e. The van der Waals surface area contributed by atoms with Gasteiger partial charge in [-0.1, -0.05) is 11.6 Å². The highest BCUT2D eigenvalue weighted by atomic mass is 35.5. The fraction of sp³-hybridized carbons (Fsp3) is 0.385. The van der Waals surface area contributed by atoms with Gasteiger partial charge in [-0.2, -0.15) is 13.2 Å². The Morgan fingerprint density at radius 1 is 1.50 bits per heavy atom. The van der Waals surface area contributed by atoms with Gasteiger partial charge in [0.05, 0.1) is 16.3 Å². The number of aliphatic hydroxyl groups is 1. The van der Waals surface area contributed by atoms with E-state index in [2.05, 4.69) is 10.3 Å². The summed E-state index contributed by atoms with van der Waals surface area (Å²) in [7, 11) is 0. The van der Waals surface area contributed by atoms with Crippen LogP contribution >= 0.6 is 11.6 Å². The number of aryl methyl sites for hydroxylation is 1. The molecule has 0 aliphatic carbocycles. The van der Waals surface area contributed by atoms with Crippen molar-refractivity contribution < 1.29 is 23.1 Å². The predicted molar refractivity (Wildman–Crippen MR) is 74.0 cm³/mol. The van der Waals surface area contributed by atoms with Crippen molar-refractivity contribution in [3.63, 3.8) is 0 Å². The number of imidazole rings is 1. The van der Waals surface area contributed by atoms with Crippen LogP contribution < -0.4 is 5.32 Å². The number of hydrogen-bond acceptors (Lipinski definition) is 3. The molecule has 1 amide bonds. The quantitative estimate of drug-likeness (QED) is 0.843. The number of carbonyl (C=O) groups excluding carboxylic acids is 1. The molecule has 0 spiro atoms. The molecule has 2 heterocycles. The molecule has 2 rings (SSSR count). The Bertz CT molecular complexity index is 713. The van der Waals surface area contributed by atoms with Crippen LogP contribution in [0.3, 0.4) is 0 Å². The molecule has 0 saturated carbocycles. The molecule has 2 aromatic rings. The van der Waals surface area contributed by atoms with E-state index in [9.17, 15) is 18.0 Å². The third-order valence-corrected chi connectivity index (χ3v) is 3.29. The summed E-state index contributed by atoms with van der Waals surface area (Å²) in [5.41, 5.74) is -0.630. The van der Waals surface area contributed by atoms with Crippen LogP contribution in [0.4, 0.5) is 13.2 Å². The predicted octanol–water partition coefficient (Wildman–Crippen LogP) is 2.43. The molecular weight excluding hydrogens is 323 g/mol. The third kappa shape index (κ3) is 3.17. The van der Waals surface area contributed by atoms with Gasteiger partial charge >= 0.3 is 6.18 Å². The molecule has 0 atom stereocenters. The number of aliphatic hydroxyl groups excluding tert-OH is 1. The second kappa shape index (κ2) is 6.13. The molecule has 0 aliphatic rings. The Balaban J connectivity index is 2.52. The van der Waals surface area contributed by atoms with E-state index in [4.69, 9.17) is 16.7 Å². The molecular formula is C13H13ClF3N3O2. The summed E-state index contributed by atoms with van der Waals surface area (Å²) in [5, 5.41) is 11.0. The van der Waals surface area contributed by atoms with E-state index in [1.165, 1.54) is 6.92 Å². The SMILES string of the molecule is Cc1nc2c(Cl)cc(C(F)(F)F)cn2c1C(=O)NCCCO. The van der Waals surface area contributed by atoms with E-state index in [-0.39, 0.29) is 35.2 Å². The largest absolute Gasteiger partial charge is 0.417 e. The number of carbonyl (C=O) groups is 1. The molecule has 0 unspecified atom stereocenters. The van der Waals surface area contributed by atoms with E-state index < -0.39 is 17.6 Å². The lowest BCUT2D eigenvalue weighted by Gasteiger charge is -2.10. The zero-order valence-electron chi connectivity index (χ0n) is 11.5. The van der Waals surface area contributed by atoms with E-state index in [1.54, 1.807) is 0 Å². The van der Waals surface area contributed by atoms with Gasteiger partial charge in [-0.25, -0.2) is 4.98 Å². The van der Waals surface area contributed by atoms with Crippen LogP contribution in [0.5, 0.6) is 0 Å². The Morgan fingerprint density at radius 2 is 2.18 bits per heavy atom. The lowest BCUT2D eigenvalue weighted by Crippen LogP contribution is -2.27. The molecule has 5 nitrogen and oxygen atoms in total. The number of pyridine rings is 1. The van der Waals surface area contributed by atoms with Crippen molar-refractivity contribution in [1.29, 1.82) is 0 Å². The maximum Gasteiger partial charge on any atom is 0.417 e. The summed E-state index contributed by atoms with van der Waals surface area (Å²) < 4.78 is 39.6. The van der Waals surface area contributed by atoms with Crippen molar-refractivity contribution in [2.45, 2.75) is 19.5 Å². The average molecular weight is 336 g/mol. The molecule has 0 saturated heterocycles. The number of nitrogens with zero attached hydrogens (tertiary/aromatic N) is 2. The highest BCUT2D eigenvalue weighted by Crippen LogP contribution is 2.33. The van der Waals surface area contributed by atoms with Gasteiger partial charge in [0.1, 0.15) is 5.69 Å². The number of hydrogen-bond donors (Lipinski definition) is 2. The lowest BCUT2D eigenvalue weighted by molar-refractivity contribution is -0.137. The molecule has 2 aromatic heterocycles. The van der Waals surface area contributed by atoms with Crippen LogP contribution in [-0.4, -0.2) is 33.6 Å². The van der Waals surface area contributed by atoms with Crippen molar-refractivity contribution in [3.8, 4) is 0 Å². The van der Waals surface area contributed by atoms with Crippen molar-refractivity contribution in [2.75, 3.05) is 13.2 Å². The fourth-order valence-electron chi connectivity index (χ4n) is 2.01. The number of alkyl halides is 3. The minimum atomic E-state index is -4.58. The maximum atomic E-state index is 12.9. The van der Waals surface area contributed by atoms with E-state index >= 15 is 0 Å². The minimum Gasteiger partial charge on any atom is -0.396 e. The monoisotopic (exact) mass is 335 g/mol. The minimum absolute atomic E-state index is 0.0130. The zero-order valence-corrected chi connectivity index (χ0v) is 12.3. The normalized spacial score (nSPS) is 11.9. The van der Waals surface area contributed by atoms with E-state index in [0.29, 0.717) is 6.42 Å². The Kier molecular flexibility index (Phi) is 4.62. The summed E-state index contributed by atoms with van der Waals surface area (Å²) in [4.78, 5) is 16.1. The maximum absolute atomic E-state index is 12.9. The number of nitrogens with one attached hydrogen (secondary N) is 1. The zero-order chi connectivity index (χ0) is 16.5. The molecule has 120 valence electrons. The van der Waals surface area contributed by atoms with Gasteiger partial charge in [0.2, 0.25) is 0 Å². The number of fused-ring (bicyclic) bond motifs is 1. The van der Waals surface area contributed by atoms with Crippen LogP contribution in [-0.2, 0) is 6.18 Å². The fourth-order valence-corrected chi connectivity index (χ4v) is 2.26. The summed E-state index contributed by atoms with van der Waals surface area (Å²) in [6.45, 7) is 1.61. The van der Waals surface area contributed by atoms with Crippen molar-refractivity contribution >= 4 is 23.2 Å². The second-order valence-electron chi connectivity index (χ2n) is 4.65. The standard InChI is InChI=1S/C13H13ClF3N3O2/c1-7-10(12(22)18-3-2-4-21)20-6-8(13(15,16)17)5-9(14)11(20)19-7/h5-6,21H,2-4H2,1H3,(H,18,22). The van der Waals surface area contributed by atoms with Crippen molar-refractivity contribution in [3.05, 3.63) is 34.2 Å². The Labute approximate surface area is 128 Å². The highest BCUT2D eigenvalue weighted by Gasteiger charge is 2.32. The van der Waals surface area contributed by atoms with E-state index in [1.807, 2.05) is 0 Å². The molecule has 0 aromatic carbocycles. The lowest BCUT2D eigenvalue weighted by atomic mass is 10.2. The third-order valence-electron chi connectivity index (χ3n) is 3.01. The summed E-state index contributed by atoms with van der Waals surface area (Å²) in [5.74, 6) is -0.575. The van der Waals surface area contributed by atoms with Crippen LogP contribution in [0.2, 0.25) is 5.02 Å². The first-order chi connectivity index (χ1) is 10.3. The van der Waals surface area contributed by atoms with Crippen LogP contribution in [0.15, 0.2) is 12.3 Å². The average Bonchev–Trinajstić information content (AvgIpc) is 2.75. The van der Waals surface area contributed by atoms with Gasteiger partial charge < -0.3 is 10.4 Å². The first-order valence-corrected chi connectivity index (χ1v) is 6.78. The first kappa shape index (κ1) is 16.6. The molecule has 0 radical (unpaired) electrons. The number of aromatic nitrogens is 2. The molecule has 0 fully saturated rings. The second-order valence-corrected chi connectivity index (χ2v) is 5.05. The first-order valence-electron chi connectivity index (χ1n) is 6.40. The van der Waals surface area contributed by atoms with E-state index in [0.717, 1.165) is 16.7 Å². The highest BCUT2D eigenvalue weighted by molar-refractivity contribution is 6.33. The molecule has 0 bridgehead atoms. The summed E-state index contributed by atoms with van der Waals surface area (Å²) in [6.07, 6.45) is -3.45. The Morgan fingerprint density at radius 3 is 2.77 bits per heavy atom. The van der Waals surface area contributed by atoms with Gasteiger partial charge in [0, 0.05) is 19.3 Å². The van der Waals surface area contributed by atoms with Crippen molar-refractivity contribution in [2.24, 2.45) is 0 Å². The van der Waals surface area contributed by atoms with Crippen LogP contribution in [0, 0.1) is 6.92 Å². The molecule has 0 aliphatic heterocycles. The molecule has 2 N–H and O–H groups in total. The van der Waals surface area contributed by atoms with Gasteiger partial charge in [0.25, 0.3) is 5.91 Å². The number of rotatable bonds is 4. The topological polar surface area (TPSA) is 66.6 Å². The number of halogens is 4. The van der Waals surface area contributed by atoms with Crippen LogP contribution in [0.1, 0.15) is 28.2 Å². The summed E-state index contributed by atoms with van der Waals surface area (Å²) in [6, 6.07) is 0.775. The van der Waals surface area contributed by atoms with Gasteiger partial charge in [-0.15, -0.1) is 0 Å². The Hall–Kier alpha value is -1.80. The number of amides is 1. The molecule has 22 heavy (non-hydrogen) atoms. The van der Waals surface area contributed by atoms with Gasteiger partial charge in [-0.05, 0) is 19.4 Å². The van der Waals surface area contributed by atoms with Crippen molar-refractivity contribution in [1.82, 2.24) is 14.7 Å². The van der Waals surface area contributed by atoms with Gasteiger partial charge in [-0.3, -0.25) is 9.20 Å². The van der Waals surface area contributed by atoms with Gasteiger partial charge in [0.15, 0.2) is 5.65 Å². The summed E-state index contributed by atoms with van der Waals surface area (Å²) >= 11 is 5.84. The molecule has 9 heteroatoms. The van der Waals surface area contributed by atoms with Crippen LogP contribution in [0.25, 0.3) is 5.65 Å².